The van der Waals surface area contributed by atoms with Crippen LogP contribution in [0.15, 0.2) is 36.4 Å². The number of ether oxygens (including phenoxy) is 1. The van der Waals surface area contributed by atoms with Gasteiger partial charge in [0, 0.05) is 0 Å². The molecule has 28 heavy (non-hydrogen) atoms. The van der Waals surface area contributed by atoms with Gasteiger partial charge in [-0.1, -0.05) is 31.1 Å². The molecule has 1 heterocycles. The van der Waals surface area contributed by atoms with Gasteiger partial charge < -0.3 is 4.74 Å². The molecule has 1 saturated heterocycles. The maximum absolute atomic E-state index is 12.9. The van der Waals surface area contributed by atoms with E-state index in [1.165, 1.54) is 17.9 Å². The minimum atomic E-state index is -0.372. The summed E-state index contributed by atoms with van der Waals surface area (Å²) < 4.78 is 5.69. The largest absolute Gasteiger partial charge is 0.459 e. The number of carbonyl (C=O) groups is 3. The van der Waals surface area contributed by atoms with E-state index in [4.69, 9.17) is 4.74 Å². The average Bonchev–Trinajstić information content (AvgIpc) is 2.99. The molecule has 0 aromatic heterocycles. The maximum Gasteiger partial charge on any atom is 0.338 e. The third-order valence-corrected chi connectivity index (χ3v) is 5.94. The Bertz CT molecular complexity index is 795. The highest BCUT2D eigenvalue weighted by molar-refractivity contribution is 6.04. The minimum Gasteiger partial charge on any atom is -0.459 e. The Balaban J connectivity index is 1.50. The molecular formula is C22H26N2O4. The van der Waals surface area contributed by atoms with Gasteiger partial charge in [-0.2, -0.15) is 0 Å². The van der Waals surface area contributed by atoms with Crippen LogP contribution in [0.1, 0.15) is 61.7 Å². The van der Waals surface area contributed by atoms with Gasteiger partial charge in [0.1, 0.15) is 6.10 Å². The van der Waals surface area contributed by atoms with Gasteiger partial charge in [-0.3, -0.25) is 15.0 Å². The maximum atomic E-state index is 12.9. The van der Waals surface area contributed by atoms with Crippen LogP contribution in [-0.2, 0) is 14.3 Å². The fourth-order valence-electron chi connectivity index (χ4n) is 4.33. The molecule has 1 saturated carbocycles. The average molecular weight is 382 g/mol. The first-order valence-corrected chi connectivity index (χ1v) is 10.2. The molecule has 0 radical (unpaired) electrons. The molecule has 0 bridgehead atoms. The molecule has 0 spiro atoms. The number of rotatable bonds is 3. The van der Waals surface area contributed by atoms with E-state index in [0.29, 0.717) is 24.1 Å². The molecule has 148 valence electrons. The molecule has 2 amide bonds. The van der Waals surface area contributed by atoms with Crippen molar-refractivity contribution >= 4 is 23.5 Å². The second-order valence-corrected chi connectivity index (χ2v) is 7.87. The van der Waals surface area contributed by atoms with Crippen molar-refractivity contribution in [3.8, 4) is 0 Å². The standard InChI is InChI=1S/C22H26N2O4/c25-20-18-12-5-6-13-19(18)21(26)24(23-20)16-9-7-8-15(14-16)22(27)28-17-10-3-1-2-4-11-17/h5-9,14,17-19H,1-4,10-13H2,(H,23,25). The summed E-state index contributed by atoms with van der Waals surface area (Å²) >= 11 is 0. The lowest BCUT2D eigenvalue weighted by Crippen LogP contribution is -2.59. The predicted octanol–water partition coefficient (Wildman–Crippen LogP) is 3.53. The van der Waals surface area contributed by atoms with Crippen LogP contribution in [0.4, 0.5) is 5.69 Å². The van der Waals surface area contributed by atoms with Gasteiger partial charge in [-0.05, 0) is 56.7 Å². The van der Waals surface area contributed by atoms with Crippen LogP contribution in [0.2, 0.25) is 0 Å². The first-order chi connectivity index (χ1) is 13.6. The van der Waals surface area contributed by atoms with Crippen LogP contribution in [-0.4, -0.2) is 23.9 Å². The van der Waals surface area contributed by atoms with Crippen molar-refractivity contribution in [3.05, 3.63) is 42.0 Å². The Kier molecular flexibility index (Phi) is 5.46. The molecule has 1 aromatic carbocycles. The number of hydrogen-bond acceptors (Lipinski definition) is 4. The third kappa shape index (κ3) is 3.81. The van der Waals surface area contributed by atoms with Crippen molar-refractivity contribution in [2.24, 2.45) is 11.8 Å². The molecule has 6 heteroatoms. The molecule has 1 aliphatic heterocycles. The lowest BCUT2D eigenvalue weighted by molar-refractivity contribution is -0.139. The van der Waals surface area contributed by atoms with Crippen LogP contribution in [0.5, 0.6) is 0 Å². The van der Waals surface area contributed by atoms with E-state index in [0.717, 1.165) is 25.7 Å². The number of nitrogens with zero attached hydrogens (tertiary/aromatic N) is 1. The van der Waals surface area contributed by atoms with Crippen LogP contribution >= 0.6 is 0 Å². The topological polar surface area (TPSA) is 75.7 Å². The van der Waals surface area contributed by atoms with Crippen LogP contribution in [0.3, 0.4) is 0 Å². The SMILES string of the molecule is O=C(OC1CCCCCC1)c1cccc(N2NC(=O)C3CC=CCC3C2=O)c1. The summed E-state index contributed by atoms with van der Waals surface area (Å²) in [7, 11) is 0. The number of fused-ring (bicyclic) bond motifs is 1. The number of amides is 2. The van der Waals surface area contributed by atoms with E-state index in [1.54, 1.807) is 24.3 Å². The zero-order valence-corrected chi connectivity index (χ0v) is 15.9. The summed E-state index contributed by atoms with van der Waals surface area (Å²) in [5.74, 6) is -1.32. The van der Waals surface area contributed by atoms with Crippen molar-refractivity contribution in [1.82, 2.24) is 5.43 Å². The minimum absolute atomic E-state index is 0.0373. The first-order valence-electron chi connectivity index (χ1n) is 10.2. The zero-order valence-electron chi connectivity index (χ0n) is 15.9. The van der Waals surface area contributed by atoms with Crippen LogP contribution in [0.25, 0.3) is 0 Å². The van der Waals surface area contributed by atoms with Gasteiger partial charge in [0.25, 0.3) is 0 Å². The van der Waals surface area contributed by atoms with Gasteiger partial charge in [0.05, 0.1) is 23.1 Å². The molecule has 2 aliphatic carbocycles. The first kappa shape index (κ1) is 18.7. The lowest BCUT2D eigenvalue weighted by Gasteiger charge is -2.38. The summed E-state index contributed by atoms with van der Waals surface area (Å²) in [6.45, 7) is 0. The summed E-state index contributed by atoms with van der Waals surface area (Å²) in [6, 6.07) is 6.74. The number of benzene rings is 1. The number of hydrazine groups is 1. The summed E-state index contributed by atoms with van der Waals surface area (Å²) in [4.78, 5) is 38.0. The Morgan fingerprint density at radius 3 is 2.46 bits per heavy atom. The molecule has 4 rings (SSSR count). The van der Waals surface area contributed by atoms with Crippen molar-refractivity contribution in [1.29, 1.82) is 0 Å². The van der Waals surface area contributed by atoms with Crippen molar-refractivity contribution in [3.63, 3.8) is 0 Å². The molecule has 3 aliphatic rings. The van der Waals surface area contributed by atoms with Crippen molar-refractivity contribution < 1.29 is 19.1 Å². The number of esters is 1. The summed E-state index contributed by atoms with van der Waals surface area (Å²) in [5, 5.41) is 1.28. The van der Waals surface area contributed by atoms with Crippen molar-refractivity contribution in [2.75, 3.05) is 5.01 Å². The predicted molar refractivity (Wildman–Crippen MR) is 104 cm³/mol. The number of hydrogen-bond donors (Lipinski definition) is 1. The number of anilines is 1. The lowest BCUT2D eigenvalue weighted by atomic mass is 9.80. The van der Waals surface area contributed by atoms with E-state index >= 15 is 0 Å². The Labute approximate surface area is 164 Å². The van der Waals surface area contributed by atoms with Crippen LogP contribution in [0, 0.1) is 11.8 Å². The van der Waals surface area contributed by atoms with E-state index in [-0.39, 0.29) is 35.7 Å². The van der Waals surface area contributed by atoms with Gasteiger partial charge in [-0.25, -0.2) is 9.80 Å². The summed E-state index contributed by atoms with van der Waals surface area (Å²) in [5.41, 5.74) is 3.58. The molecule has 1 aromatic rings. The fourth-order valence-corrected chi connectivity index (χ4v) is 4.33. The highest BCUT2D eigenvalue weighted by Crippen LogP contribution is 2.32. The Hall–Kier alpha value is -2.63. The fraction of sp³-hybridized carbons (Fsp3) is 0.500. The quantitative estimate of drug-likeness (QED) is 0.493. The van der Waals surface area contributed by atoms with E-state index in [9.17, 15) is 14.4 Å². The normalized spacial score (nSPS) is 25.6. The van der Waals surface area contributed by atoms with E-state index in [1.807, 2.05) is 12.2 Å². The molecule has 1 N–H and O–H groups in total. The molecule has 2 fully saturated rings. The second kappa shape index (κ2) is 8.17. The second-order valence-electron chi connectivity index (χ2n) is 7.87. The van der Waals surface area contributed by atoms with Gasteiger partial charge in [0.15, 0.2) is 0 Å². The van der Waals surface area contributed by atoms with E-state index in [2.05, 4.69) is 5.43 Å². The van der Waals surface area contributed by atoms with Crippen LogP contribution < -0.4 is 10.4 Å². The summed E-state index contributed by atoms with van der Waals surface area (Å²) in [6.07, 6.45) is 11.4. The third-order valence-electron chi connectivity index (χ3n) is 5.94. The highest BCUT2D eigenvalue weighted by Gasteiger charge is 2.42. The number of allylic oxidation sites excluding steroid dienone is 2. The molecular weight excluding hydrogens is 356 g/mol. The monoisotopic (exact) mass is 382 g/mol. The highest BCUT2D eigenvalue weighted by atomic mass is 16.5. The Morgan fingerprint density at radius 1 is 1.00 bits per heavy atom. The zero-order chi connectivity index (χ0) is 19.5. The smallest absolute Gasteiger partial charge is 0.338 e. The van der Waals surface area contributed by atoms with Gasteiger partial charge in [-0.15, -0.1) is 0 Å². The van der Waals surface area contributed by atoms with Gasteiger partial charge in [0.2, 0.25) is 11.8 Å². The van der Waals surface area contributed by atoms with E-state index < -0.39 is 0 Å². The Morgan fingerprint density at radius 2 is 1.71 bits per heavy atom. The van der Waals surface area contributed by atoms with Crippen molar-refractivity contribution in [2.45, 2.75) is 57.5 Å². The molecule has 6 nitrogen and oxygen atoms in total. The van der Waals surface area contributed by atoms with Gasteiger partial charge >= 0.3 is 5.97 Å². The number of carbonyl (C=O) groups excluding carboxylic acids is 3. The molecule has 2 unspecified atom stereocenters. The molecule has 2 atom stereocenters. The number of nitrogens with one attached hydrogen (secondary N) is 1.